The molecule has 0 bridgehead atoms. The number of hydrogen-bond donors (Lipinski definition) is 2. The van der Waals surface area contributed by atoms with Gasteiger partial charge in [0.1, 0.15) is 6.04 Å². The molecule has 108 valence electrons. The standard InChI is InChI=1S/C13H17N3O3S/c1-14-20(18,19)9-5-6-11-10(8-9)15-13(17)12-4-2-3-7-16(11)12/h5-6,8,12,14H,2-4,7H2,1H3,(H,15,17)/t12-/m0/s1. The van der Waals surface area contributed by atoms with E-state index in [1.165, 1.54) is 13.1 Å². The van der Waals surface area contributed by atoms with Gasteiger partial charge in [-0.25, -0.2) is 13.1 Å². The first-order valence-electron chi connectivity index (χ1n) is 6.68. The second-order valence-electron chi connectivity index (χ2n) is 5.08. The molecule has 0 saturated carbocycles. The Hall–Kier alpha value is -1.60. The Kier molecular flexibility index (Phi) is 3.18. The van der Waals surface area contributed by atoms with Gasteiger partial charge in [0.05, 0.1) is 16.3 Å². The largest absolute Gasteiger partial charge is 0.358 e. The van der Waals surface area contributed by atoms with Crippen molar-refractivity contribution in [3.8, 4) is 0 Å². The third-order valence-electron chi connectivity index (χ3n) is 3.92. The molecule has 7 heteroatoms. The van der Waals surface area contributed by atoms with E-state index in [2.05, 4.69) is 14.9 Å². The van der Waals surface area contributed by atoms with Gasteiger partial charge < -0.3 is 10.2 Å². The van der Waals surface area contributed by atoms with E-state index in [4.69, 9.17) is 0 Å². The lowest BCUT2D eigenvalue weighted by atomic mass is 9.97. The molecule has 0 radical (unpaired) electrons. The summed E-state index contributed by atoms with van der Waals surface area (Å²) in [4.78, 5) is 14.3. The Labute approximate surface area is 118 Å². The molecule has 2 heterocycles. The summed E-state index contributed by atoms with van der Waals surface area (Å²) >= 11 is 0. The fourth-order valence-electron chi connectivity index (χ4n) is 2.86. The molecule has 0 aromatic heterocycles. The van der Waals surface area contributed by atoms with Crippen LogP contribution >= 0.6 is 0 Å². The van der Waals surface area contributed by atoms with Gasteiger partial charge in [0.25, 0.3) is 0 Å². The van der Waals surface area contributed by atoms with Gasteiger partial charge in [-0.05, 0) is 44.5 Å². The summed E-state index contributed by atoms with van der Waals surface area (Å²) < 4.78 is 25.9. The smallest absolute Gasteiger partial charge is 0.247 e. The summed E-state index contributed by atoms with van der Waals surface area (Å²) in [5.74, 6) is -0.0452. The molecule has 1 saturated heterocycles. The maximum absolute atomic E-state index is 12.1. The number of sulfonamides is 1. The minimum Gasteiger partial charge on any atom is -0.358 e. The molecular weight excluding hydrogens is 278 g/mol. The lowest BCUT2D eigenvalue weighted by molar-refractivity contribution is -0.118. The van der Waals surface area contributed by atoms with E-state index in [0.717, 1.165) is 31.5 Å². The van der Waals surface area contributed by atoms with Crippen LogP contribution in [0.3, 0.4) is 0 Å². The number of nitrogens with one attached hydrogen (secondary N) is 2. The first-order chi connectivity index (χ1) is 9.53. The molecular formula is C13H17N3O3S. The van der Waals surface area contributed by atoms with Crippen LogP contribution in [0.2, 0.25) is 0 Å². The van der Waals surface area contributed by atoms with Crippen molar-refractivity contribution in [1.82, 2.24) is 4.72 Å². The highest BCUT2D eigenvalue weighted by Gasteiger charge is 2.34. The van der Waals surface area contributed by atoms with Gasteiger partial charge in [0.2, 0.25) is 15.9 Å². The number of hydrogen-bond acceptors (Lipinski definition) is 4. The van der Waals surface area contributed by atoms with Crippen molar-refractivity contribution < 1.29 is 13.2 Å². The molecule has 2 aliphatic heterocycles. The highest BCUT2D eigenvalue weighted by molar-refractivity contribution is 7.89. The first kappa shape index (κ1) is 13.4. The van der Waals surface area contributed by atoms with Crippen molar-refractivity contribution >= 4 is 27.3 Å². The molecule has 1 aromatic carbocycles. The Balaban J connectivity index is 2.05. The highest BCUT2D eigenvalue weighted by atomic mass is 32.2. The van der Waals surface area contributed by atoms with Crippen LogP contribution in [-0.2, 0) is 14.8 Å². The van der Waals surface area contributed by atoms with Gasteiger partial charge in [-0.1, -0.05) is 0 Å². The molecule has 0 unspecified atom stereocenters. The lowest BCUT2D eigenvalue weighted by Crippen LogP contribution is -2.50. The van der Waals surface area contributed by atoms with E-state index in [1.54, 1.807) is 12.1 Å². The van der Waals surface area contributed by atoms with E-state index < -0.39 is 10.0 Å². The number of anilines is 2. The molecule has 3 rings (SSSR count). The second kappa shape index (κ2) is 4.75. The molecule has 1 aromatic rings. The Morgan fingerprint density at radius 1 is 1.35 bits per heavy atom. The molecule has 1 amide bonds. The van der Waals surface area contributed by atoms with Crippen LogP contribution in [0.25, 0.3) is 0 Å². The second-order valence-corrected chi connectivity index (χ2v) is 6.97. The predicted molar refractivity (Wildman–Crippen MR) is 76.3 cm³/mol. The van der Waals surface area contributed by atoms with Crippen LogP contribution in [-0.4, -0.2) is 34.0 Å². The third kappa shape index (κ3) is 2.06. The van der Waals surface area contributed by atoms with Crippen molar-refractivity contribution in [3.63, 3.8) is 0 Å². The highest BCUT2D eigenvalue weighted by Crippen LogP contribution is 2.37. The molecule has 1 fully saturated rings. The first-order valence-corrected chi connectivity index (χ1v) is 8.16. The van der Waals surface area contributed by atoms with Crippen molar-refractivity contribution in [1.29, 1.82) is 0 Å². The normalized spacial score (nSPS) is 21.9. The summed E-state index contributed by atoms with van der Waals surface area (Å²) in [6.07, 6.45) is 2.96. The van der Waals surface area contributed by atoms with Crippen LogP contribution in [0.15, 0.2) is 23.1 Å². The van der Waals surface area contributed by atoms with E-state index in [9.17, 15) is 13.2 Å². The van der Waals surface area contributed by atoms with Crippen molar-refractivity contribution in [2.24, 2.45) is 0 Å². The quantitative estimate of drug-likeness (QED) is 0.850. The Morgan fingerprint density at radius 2 is 2.15 bits per heavy atom. The number of fused-ring (bicyclic) bond motifs is 3. The minimum absolute atomic E-state index is 0.0452. The number of amides is 1. The van der Waals surface area contributed by atoms with E-state index in [-0.39, 0.29) is 16.8 Å². The molecule has 6 nitrogen and oxygen atoms in total. The number of carbonyl (C=O) groups is 1. The van der Waals surface area contributed by atoms with Crippen LogP contribution in [0.1, 0.15) is 19.3 Å². The molecule has 0 aliphatic carbocycles. The molecule has 1 atom stereocenters. The fourth-order valence-corrected chi connectivity index (χ4v) is 3.62. The maximum atomic E-state index is 12.1. The van der Waals surface area contributed by atoms with Crippen LogP contribution in [0, 0.1) is 0 Å². The fraction of sp³-hybridized carbons (Fsp3) is 0.462. The van der Waals surface area contributed by atoms with Gasteiger partial charge in [0, 0.05) is 6.54 Å². The number of carbonyl (C=O) groups excluding carboxylic acids is 1. The summed E-state index contributed by atoms with van der Waals surface area (Å²) in [6, 6.07) is 4.75. The number of nitrogens with zero attached hydrogens (tertiary/aromatic N) is 1. The zero-order valence-electron chi connectivity index (χ0n) is 11.2. The van der Waals surface area contributed by atoms with Crippen LogP contribution in [0.4, 0.5) is 11.4 Å². The van der Waals surface area contributed by atoms with E-state index >= 15 is 0 Å². The average molecular weight is 295 g/mol. The molecule has 2 N–H and O–H groups in total. The molecule has 2 aliphatic rings. The van der Waals surface area contributed by atoms with Gasteiger partial charge in [-0.2, -0.15) is 0 Å². The maximum Gasteiger partial charge on any atom is 0.247 e. The Morgan fingerprint density at radius 3 is 2.90 bits per heavy atom. The summed E-state index contributed by atoms with van der Waals surface area (Å²) in [7, 11) is -2.13. The zero-order valence-corrected chi connectivity index (χ0v) is 12.0. The summed E-state index contributed by atoms with van der Waals surface area (Å²) in [5.41, 5.74) is 1.48. The van der Waals surface area contributed by atoms with Gasteiger partial charge in [0.15, 0.2) is 0 Å². The van der Waals surface area contributed by atoms with Crippen molar-refractivity contribution in [2.75, 3.05) is 23.8 Å². The third-order valence-corrected chi connectivity index (χ3v) is 5.33. The Bertz CT molecular complexity index is 657. The average Bonchev–Trinajstić information content (AvgIpc) is 2.47. The molecule has 20 heavy (non-hydrogen) atoms. The van der Waals surface area contributed by atoms with E-state index in [0.29, 0.717) is 5.69 Å². The SMILES string of the molecule is CNS(=O)(=O)c1ccc2c(c1)NC(=O)[C@@H]1CCCCN21. The van der Waals surface area contributed by atoms with Crippen molar-refractivity contribution in [3.05, 3.63) is 18.2 Å². The summed E-state index contributed by atoms with van der Waals surface area (Å²) in [5, 5.41) is 2.82. The van der Waals surface area contributed by atoms with Crippen LogP contribution in [0.5, 0.6) is 0 Å². The van der Waals surface area contributed by atoms with E-state index in [1.807, 2.05) is 0 Å². The van der Waals surface area contributed by atoms with Crippen LogP contribution < -0.4 is 14.9 Å². The predicted octanol–water partition coefficient (Wildman–Crippen LogP) is 0.906. The van der Waals surface area contributed by atoms with Gasteiger partial charge >= 0.3 is 0 Å². The van der Waals surface area contributed by atoms with Gasteiger partial charge in [-0.3, -0.25) is 4.79 Å². The zero-order chi connectivity index (χ0) is 14.3. The summed E-state index contributed by atoms with van der Waals surface area (Å²) in [6.45, 7) is 0.837. The minimum atomic E-state index is -3.50. The number of benzene rings is 1. The van der Waals surface area contributed by atoms with Crippen molar-refractivity contribution in [2.45, 2.75) is 30.2 Å². The topological polar surface area (TPSA) is 78.5 Å². The molecule has 0 spiro atoms. The lowest BCUT2D eigenvalue weighted by Gasteiger charge is -2.41. The number of rotatable bonds is 2. The monoisotopic (exact) mass is 295 g/mol. The number of piperidine rings is 1. The van der Waals surface area contributed by atoms with Gasteiger partial charge in [-0.15, -0.1) is 0 Å².